The van der Waals surface area contributed by atoms with E-state index in [1.54, 1.807) is 6.20 Å². The van der Waals surface area contributed by atoms with Gasteiger partial charge in [0.05, 0.1) is 5.54 Å². The van der Waals surface area contributed by atoms with Gasteiger partial charge in [-0.2, -0.15) is 4.98 Å². The van der Waals surface area contributed by atoms with Crippen molar-refractivity contribution in [1.82, 2.24) is 15.1 Å². The van der Waals surface area contributed by atoms with Gasteiger partial charge in [0.2, 0.25) is 11.7 Å². The minimum Gasteiger partial charge on any atom is -0.337 e. The van der Waals surface area contributed by atoms with Crippen LogP contribution in [0.4, 0.5) is 0 Å². The molecular weight excluding hydrogens is 264 g/mol. The molecule has 0 radical (unpaired) electrons. The average Bonchev–Trinajstić information content (AvgIpc) is 2.97. The number of hydrogen-bond acceptors (Lipinski definition) is 5. The molecule has 2 aromatic rings. The van der Waals surface area contributed by atoms with Crippen molar-refractivity contribution in [2.75, 3.05) is 0 Å². The predicted molar refractivity (Wildman–Crippen MR) is 80.4 cm³/mol. The second-order valence-corrected chi connectivity index (χ2v) is 6.17. The quantitative estimate of drug-likeness (QED) is 0.938. The summed E-state index contributed by atoms with van der Waals surface area (Å²) in [6, 6.07) is 1.93. The summed E-state index contributed by atoms with van der Waals surface area (Å²) in [6.45, 7) is 4.32. The van der Waals surface area contributed by atoms with Gasteiger partial charge < -0.3 is 10.3 Å². The molecule has 2 heterocycles. The minimum atomic E-state index is -0.470. The summed E-state index contributed by atoms with van der Waals surface area (Å²) in [6.07, 6.45) is 8.66. The first-order valence-electron chi connectivity index (χ1n) is 7.68. The van der Waals surface area contributed by atoms with E-state index in [4.69, 9.17) is 10.3 Å². The third-order valence-electron chi connectivity index (χ3n) is 4.41. The van der Waals surface area contributed by atoms with Gasteiger partial charge in [-0.3, -0.25) is 4.98 Å². The number of nitrogens with two attached hydrogens (primary N) is 1. The van der Waals surface area contributed by atoms with Crippen LogP contribution in [-0.2, 0) is 12.0 Å². The molecule has 5 nitrogen and oxygen atoms in total. The van der Waals surface area contributed by atoms with Crippen LogP contribution >= 0.6 is 0 Å². The van der Waals surface area contributed by atoms with Gasteiger partial charge in [0.25, 0.3) is 0 Å². The standard InChI is InChI=1S/C16H22N4O/c1-3-12-10-18-8-6-13(12)14-19-15(21-20-14)16(17)7-4-5-11(2)9-16/h6,8,10-11H,3-5,7,9,17H2,1-2H3. The van der Waals surface area contributed by atoms with E-state index in [1.165, 1.54) is 6.42 Å². The molecule has 0 amide bonds. The first kappa shape index (κ1) is 14.2. The van der Waals surface area contributed by atoms with Crippen LogP contribution in [0.15, 0.2) is 23.0 Å². The predicted octanol–water partition coefficient (Wildman–Crippen LogP) is 3.06. The number of hydrogen-bond donors (Lipinski definition) is 1. The Morgan fingerprint density at radius 2 is 2.33 bits per heavy atom. The van der Waals surface area contributed by atoms with Crippen molar-refractivity contribution in [2.24, 2.45) is 11.7 Å². The van der Waals surface area contributed by atoms with Crippen molar-refractivity contribution >= 4 is 0 Å². The van der Waals surface area contributed by atoms with Crippen molar-refractivity contribution in [3.8, 4) is 11.4 Å². The Morgan fingerprint density at radius 3 is 3.10 bits per heavy atom. The van der Waals surface area contributed by atoms with E-state index in [2.05, 4.69) is 29.0 Å². The summed E-state index contributed by atoms with van der Waals surface area (Å²) in [5, 5.41) is 4.15. The summed E-state index contributed by atoms with van der Waals surface area (Å²) in [4.78, 5) is 8.74. The third-order valence-corrected chi connectivity index (χ3v) is 4.41. The molecule has 2 atom stereocenters. The SMILES string of the molecule is CCc1cnccc1-c1noc(C2(N)CCCC(C)C2)n1. The lowest BCUT2D eigenvalue weighted by molar-refractivity contribution is 0.183. The molecule has 2 N–H and O–H groups in total. The zero-order valence-electron chi connectivity index (χ0n) is 12.7. The highest BCUT2D eigenvalue weighted by Gasteiger charge is 2.38. The maximum absolute atomic E-state index is 6.52. The van der Waals surface area contributed by atoms with E-state index in [9.17, 15) is 0 Å². The molecule has 1 saturated carbocycles. The molecule has 1 aliphatic rings. The normalized spacial score (nSPS) is 26.0. The number of rotatable bonds is 3. The summed E-state index contributed by atoms with van der Waals surface area (Å²) in [5.41, 5.74) is 8.15. The molecule has 0 aliphatic heterocycles. The summed E-state index contributed by atoms with van der Waals surface area (Å²) < 4.78 is 5.50. The zero-order valence-corrected chi connectivity index (χ0v) is 12.7. The lowest BCUT2D eigenvalue weighted by Crippen LogP contribution is -2.41. The van der Waals surface area contributed by atoms with Gasteiger partial charge in [0, 0.05) is 18.0 Å². The van der Waals surface area contributed by atoms with Crippen LogP contribution < -0.4 is 5.73 Å². The molecule has 0 aromatic carbocycles. The highest BCUT2D eigenvalue weighted by atomic mass is 16.5. The Hall–Kier alpha value is -1.75. The monoisotopic (exact) mass is 286 g/mol. The summed E-state index contributed by atoms with van der Waals surface area (Å²) in [5.74, 6) is 1.79. The number of nitrogens with zero attached hydrogens (tertiary/aromatic N) is 3. The molecule has 5 heteroatoms. The highest BCUT2D eigenvalue weighted by molar-refractivity contribution is 5.58. The first-order valence-corrected chi connectivity index (χ1v) is 7.68. The van der Waals surface area contributed by atoms with Gasteiger partial charge in [0.15, 0.2) is 0 Å². The molecule has 0 spiro atoms. The second-order valence-electron chi connectivity index (χ2n) is 6.17. The second kappa shape index (κ2) is 5.56. The Kier molecular flexibility index (Phi) is 3.76. The molecule has 0 bridgehead atoms. The van der Waals surface area contributed by atoms with Crippen molar-refractivity contribution < 1.29 is 4.52 Å². The van der Waals surface area contributed by atoms with Crippen LogP contribution in [0.1, 0.15) is 51.0 Å². The van der Waals surface area contributed by atoms with E-state index in [1.807, 2.05) is 12.3 Å². The Balaban J connectivity index is 1.93. The van der Waals surface area contributed by atoms with E-state index in [-0.39, 0.29) is 0 Å². The fourth-order valence-corrected chi connectivity index (χ4v) is 3.25. The van der Waals surface area contributed by atoms with Crippen LogP contribution in [0.25, 0.3) is 11.4 Å². The third kappa shape index (κ3) is 2.70. The molecule has 0 saturated heterocycles. The Morgan fingerprint density at radius 1 is 1.48 bits per heavy atom. The maximum atomic E-state index is 6.52. The number of pyridine rings is 1. The van der Waals surface area contributed by atoms with E-state index in [0.29, 0.717) is 17.6 Å². The first-order chi connectivity index (χ1) is 10.1. The number of aryl methyl sites for hydroxylation is 1. The zero-order chi connectivity index (χ0) is 14.9. The average molecular weight is 286 g/mol. The molecule has 3 rings (SSSR count). The minimum absolute atomic E-state index is 0.470. The molecule has 2 aromatic heterocycles. The summed E-state index contributed by atoms with van der Waals surface area (Å²) >= 11 is 0. The number of aromatic nitrogens is 3. The van der Waals surface area contributed by atoms with Crippen LogP contribution in [0.3, 0.4) is 0 Å². The van der Waals surface area contributed by atoms with Crippen LogP contribution in [0, 0.1) is 5.92 Å². The van der Waals surface area contributed by atoms with Crippen molar-refractivity contribution in [3.63, 3.8) is 0 Å². The van der Waals surface area contributed by atoms with Crippen LogP contribution in [-0.4, -0.2) is 15.1 Å². The molecule has 1 fully saturated rings. The van der Waals surface area contributed by atoms with E-state index >= 15 is 0 Å². The van der Waals surface area contributed by atoms with Crippen molar-refractivity contribution in [2.45, 2.75) is 51.5 Å². The van der Waals surface area contributed by atoms with Gasteiger partial charge in [-0.05, 0) is 36.8 Å². The van der Waals surface area contributed by atoms with Crippen molar-refractivity contribution in [1.29, 1.82) is 0 Å². The highest BCUT2D eigenvalue weighted by Crippen LogP contribution is 2.37. The van der Waals surface area contributed by atoms with Crippen LogP contribution in [0.5, 0.6) is 0 Å². The fourth-order valence-electron chi connectivity index (χ4n) is 3.25. The van der Waals surface area contributed by atoms with E-state index in [0.717, 1.165) is 36.8 Å². The Bertz CT molecular complexity index is 624. The van der Waals surface area contributed by atoms with Gasteiger partial charge in [-0.15, -0.1) is 0 Å². The molecule has 2 unspecified atom stereocenters. The van der Waals surface area contributed by atoms with Gasteiger partial charge >= 0.3 is 0 Å². The Labute approximate surface area is 125 Å². The van der Waals surface area contributed by atoms with E-state index < -0.39 is 5.54 Å². The molecule has 1 aliphatic carbocycles. The van der Waals surface area contributed by atoms with Gasteiger partial charge in [-0.1, -0.05) is 31.8 Å². The van der Waals surface area contributed by atoms with Crippen LogP contribution in [0.2, 0.25) is 0 Å². The lowest BCUT2D eigenvalue weighted by Gasteiger charge is -2.33. The van der Waals surface area contributed by atoms with Gasteiger partial charge in [0.1, 0.15) is 0 Å². The molecule has 112 valence electrons. The van der Waals surface area contributed by atoms with Crippen molar-refractivity contribution in [3.05, 3.63) is 29.9 Å². The maximum Gasteiger partial charge on any atom is 0.247 e. The largest absolute Gasteiger partial charge is 0.337 e. The topological polar surface area (TPSA) is 77.8 Å². The fraction of sp³-hybridized carbons (Fsp3) is 0.562. The molecular formula is C16H22N4O. The smallest absolute Gasteiger partial charge is 0.247 e. The molecule has 21 heavy (non-hydrogen) atoms. The summed E-state index contributed by atoms with van der Waals surface area (Å²) in [7, 11) is 0. The lowest BCUT2D eigenvalue weighted by atomic mass is 9.77. The van der Waals surface area contributed by atoms with Gasteiger partial charge in [-0.25, -0.2) is 0 Å².